The number of carboxylic acid groups (broad SMARTS) is 1. The number of carbonyl (C=O) groups is 1. The molecule has 1 fully saturated rings. The normalized spacial score (nSPS) is 23.1. The third kappa shape index (κ3) is 3.82. The van der Waals surface area contributed by atoms with Gasteiger partial charge in [-0.25, -0.2) is 17.9 Å². The van der Waals surface area contributed by atoms with Crippen molar-refractivity contribution in [1.29, 1.82) is 0 Å². The Labute approximate surface area is 124 Å². The van der Waals surface area contributed by atoms with E-state index in [1.165, 1.54) is 6.42 Å². The van der Waals surface area contributed by atoms with Gasteiger partial charge >= 0.3 is 5.97 Å². The highest BCUT2D eigenvalue weighted by molar-refractivity contribution is 7.89. The van der Waals surface area contributed by atoms with Gasteiger partial charge in [0.2, 0.25) is 0 Å². The maximum absolute atomic E-state index is 12.1. The lowest BCUT2D eigenvalue weighted by atomic mass is 9.81. The number of aromatic amines is 1. The van der Waals surface area contributed by atoms with Gasteiger partial charge in [-0.1, -0.05) is 26.2 Å². The van der Waals surface area contributed by atoms with E-state index in [-0.39, 0.29) is 10.6 Å². The minimum absolute atomic E-state index is 0.318. The van der Waals surface area contributed by atoms with E-state index in [9.17, 15) is 13.2 Å². The molecule has 0 atom stereocenters. The van der Waals surface area contributed by atoms with E-state index in [0.717, 1.165) is 37.8 Å². The molecule has 1 aliphatic rings. The van der Waals surface area contributed by atoms with Gasteiger partial charge in [-0.3, -0.25) is 5.10 Å². The van der Waals surface area contributed by atoms with Crippen LogP contribution in [0.2, 0.25) is 0 Å². The Kier molecular flexibility index (Phi) is 5.00. The molecular weight excluding hydrogens is 294 g/mol. The highest BCUT2D eigenvalue weighted by atomic mass is 32.2. The van der Waals surface area contributed by atoms with Gasteiger partial charge < -0.3 is 5.11 Å². The molecule has 0 radical (unpaired) electrons. The van der Waals surface area contributed by atoms with Crippen molar-refractivity contribution in [1.82, 2.24) is 14.9 Å². The van der Waals surface area contributed by atoms with Crippen molar-refractivity contribution in [3.05, 3.63) is 11.8 Å². The quantitative estimate of drug-likeness (QED) is 0.738. The van der Waals surface area contributed by atoms with Crippen molar-refractivity contribution in [3.8, 4) is 0 Å². The molecule has 0 aliphatic heterocycles. The molecule has 0 bridgehead atoms. The summed E-state index contributed by atoms with van der Waals surface area (Å²) in [6.45, 7) is 2.52. The Morgan fingerprint density at radius 1 is 1.38 bits per heavy atom. The Balaban J connectivity index is 1.96. The number of aromatic nitrogens is 2. The highest BCUT2D eigenvalue weighted by Gasteiger charge is 2.26. The molecule has 1 aliphatic carbocycles. The predicted octanol–water partition coefficient (Wildman–Crippen LogP) is 1.60. The Morgan fingerprint density at radius 3 is 2.57 bits per heavy atom. The molecule has 21 heavy (non-hydrogen) atoms. The Hall–Kier alpha value is -1.41. The summed E-state index contributed by atoms with van der Waals surface area (Å²) in [6.07, 6.45) is 6.46. The van der Waals surface area contributed by atoms with Gasteiger partial charge in [-0.15, -0.1) is 0 Å². The summed E-state index contributed by atoms with van der Waals surface area (Å²) in [7, 11) is -3.86. The average Bonchev–Trinajstić information content (AvgIpc) is 2.96. The fraction of sp³-hybridized carbons (Fsp3) is 0.692. The van der Waals surface area contributed by atoms with Crippen molar-refractivity contribution < 1.29 is 18.3 Å². The lowest BCUT2D eigenvalue weighted by Crippen LogP contribution is -2.32. The van der Waals surface area contributed by atoms with Crippen LogP contribution in [-0.2, 0) is 10.0 Å². The topological polar surface area (TPSA) is 112 Å². The van der Waals surface area contributed by atoms with E-state index in [1.807, 2.05) is 0 Å². The molecule has 8 heteroatoms. The van der Waals surface area contributed by atoms with Gasteiger partial charge in [0.1, 0.15) is 5.56 Å². The first-order valence-corrected chi connectivity index (χ1v) is 8.68. The molecule has 2 rings (SSSR count). The smallest absolute Gasteiger partial charge is 0.340 e. The number of nitrogens with zero attached hydrogens (tertiary/aromatic N) is 1. The van der Waals surface area contributed by atoms with E-state index in [0.29, 0.717) is 12.5 Å². The van der Waals surface area contributed by atoms with Crippen molar-refractivity contribution in [2.24, 2.45) is 11.8 Å². The maximum atomic E-state index is 12.1. The fourth-order valence-electron chi connectivity index (χ4n) is 2.78. The van der Waals surface area contributed by atoms with E-state index in [2.05, 4.69) is 21.8 Å². The monoisotopic (exact) mass is 315 g/mol. The molecule has 0 amide bonds. The SMILES string of the molecule is CCC1CCC(CNS(=O)(=O)c2[nH]ncc2C(=O)O)CC1. The number of H-pyrrole nitrogens is 1. The summed E-state index contributed by atoms with van der Waals surface area (Å²) < 4.78 is 26.8. The standard InChI is InChI=1S/C13H21N3O4S/c1-2-9-3-5-10(6-4-9)7-15-21(19,20)12-11(13(17)18)8-14-16-12/h8-10,15H,2-7H2,1H3,(H,14,16)(H,17,18). The summed E-state index contributed by atoms with van der Waals surface area (Å²) in [5.41, 5.74) is -0.336. The molecule has 3 N–H and O–H groups in total. The van der Waals surface area contributed by atoms with Crippen LogP contribution in [0.4, 0.5) is 0 Å². The molecule has 1 heterocycles. The third-order valence-electron chi connectivity index (χ3n) is 4.21. The Morgan fingerprint density at radius 2 is 2.00 bits per heavy atom. The number of nitrogens with one attached hydrogen (secondary N) is 2. The van der Waals surface area contributed by atoms with Crippen LogP contribution in [0, 0.1) is 11.8 Å². The first-order chi connectivity index (χ1) is 9.94. The first-order valence-electron chi connectivity index (χ1n) is 7.20. The minimum Gasteiger partial charge on any atom is -0.478 e. The predicted molar refractivity (Wildman–Crippen MR) is 76.5 cm³/mol. The van der Waals surface area contributed by atoms with Crippen LogP contribution in [0.3, 0.4) is 0 Å². The summed E-state index contributed by atoms with van der Waals surface area (Å²) in [4.78, 5) is 11.0. The molecular formula is C13H21N3O4S. The van der Waals surface area contributed by atoms with E-state index in [4.69, 9.17) is 5.11 Å². The molecule has 1 aromatic heterocycles. The van der Waals surface area contributed by atoms with E-state index < -0.39 is 16.0 Å². The summed E-state index contributed by atoms with van der Waals surface area (Å²) in [5, 5.41) is 14.3. The maximum Gasteiger partial charge on any atom is 0.340 e. The van der Waals surface area contributed by atoms with E-state index >= 15 is 0 Å². The van der Waals surface area contributed by atoms with Crippen molar-refractivity contribution in [3.63, 3.8) is 0 Å². The second-order valence-electron chi connectivity index (χ2n) is 5.56. The highest BCUT2D eigenvalue weighted by Crippen LogP contribution is 2.30. The van der Waals surface area contributed by atoms with Gasteiger partial charge in [-0.05, 0) is 24.7 Å². The van der Waals surface area contributed by atoms with Gasteiger partial charge in [0.05, 0.1) is 6.20 Å². The van der Waals surface area contributed by atoms with Gasteiger partial charge in [0, 0.05) is 6.54 Å². The number of rotatable bonds is 6. The molecule has 1 saturated carbocycles. The molecule has 0 saturated heterocycles. The number of carboxylic acids is 1. The van der Waals surface area contributed by atoms with Crippen molar-refractivity contribution >= 4 is 16.0 Å². The molecule has 0 unspecified atom stereocenters. The van der Waals surface area contributed by atoms with Crippen LogP contribution in [0.5, 0.6) is 0 Å². The Bertz CT molecular complexity index is 588. The second kappa shape index (κ2) is 6.57. The molecule has 0 aromatic carbocycles. The summed E-state index contributed by atoms with van der Waals surface area (Å²) in [5.74, 6) is -0.240. The number of hydrogen-bond donors (Lipinski definition) is 3. The lowest BCUT2D eigenvalue weighted by Gasteiger charge is -2.27. The zero-order chi connectivity index (χ0) is 15.5. The van der Waals surface area contributed by atoms with Crippen LogP contribution < -0.4 is 4.72 Å². The molecule has 7 nitrogen and oxygen atoms in total. The lowest BCUT2D eigenvalue weighted by molar-refractivity contribution is 0.0692. The van der Waals surface area contributed by atoms with Crippen LogP contribution in [0.25, 0.3) is 0 Å². The fourth-order valence-corrected chi connectivity index (χ4v) is 3.98. The van der Waals surface area contributed by atoms with Crippen LogP contribution >= 0.6 is 0 Å². The van der Waals surface area contributed by atoms with Gasteiger partial charge in [0.15, 0.2) is 5.03 Å². The van der Waals surface area contributed by atoms with E-state index in [1.54, 1.807) is 0 Å². The van der Waals surface area contributed by atoms with Crippen LogP contribution in [0.15, 0.2) is 11.2 Å². The van der Waals surface area contributed by atoms with Crippen LogP contribution in [0.1, 0.15) is 49.4 Å². The average molecular weight is 315 g/mol. The largest absolute Gasteiger partial charge is 0.478 e. The zero-order valence-electron chi connectivity index (χ0n) is 12.0. The van der Waals surface area contributed by atoms with Gasteiger partial charge in [-0.2, -0.15) is 5.10 Å². The minimum atomic E-state index is -3.86. The first kappa shape index (κ1) is 16.0. The third-order valence-corrected chi connectivity index (χ3v) is 5.60. The number of hydrogen-bond acceptors (Lipinski definition) is 4. The molecule has 0 spiro atoms. The van der Waals surface area contributed by atoms with Gasteiger partial charge in [0.25, 0.3) is 10.0 Å². The van der Waals surface area contributed by atoms with Crippen molar-refractivity contribution in [2.75, 3.05) is 6.54 Å². The number of sulfonamides is 1. The summed E-state index contributed by atoms with van der Waals surface area (Å²) in [6, 6.07) is 0. The molecule has 118 valence electrons. The number of aromatic carboxylic acids is 1. The molecule has 1 aromatic rings. The summed E-state index contributed by atoms with van der Waals surface area (Å²) >= 11 is 0. The van der Waals surface area contributed by atoms with Crippen molar-refractivity contribution in [2.45, 2.75) is 44.1 Å². The zero-order valence-corrected chi connectivity index (χ0v) is 12.8. The second-order valence-corrected chi connectivity index (χ2v) is 7.27. The van der Waals surface area contributed by atoms with Crippen LogP contribution in [-0.4, -0.2) is 36.2 Å².